The van der Waals surface area contributed by atoms with Crippen LogP contribution in [0, 0.1) is 5.92 Å². The number of carbonyl (C=O) groups excluding carboxylic acids is 1. The van der Waals surface area contributed by atoms with Crippen LogP contribution in [0.3, 0.4) is 0 Å². The summed E-state index contributed by atoms with van der Waals surface area (Å²) in [5.41, 5.74) is 2.19. The first-order valence-electron chi connectivity index (χ1n) is 9.71. The van der Waals surface area contributed by atoms with E-state index in [1.165, 1.54) is 10.6 Å². The second-order valence-electron chi connectivity index (χ2n) is 7.61. The van der Waals surface area contributed by atoms with E-state index in [1.54, 1.807) is 41.2 Å². The summed E-state index contributed by atoms with van der Waals surface area (Å²) >= 11 is 0. The molecule has 1 aliphatic rings. The Morgan fingerprint density at radius 2 is 1.90 bits per heavy atom. The van der Waals surface area contributed by atoms with Crippen molar-refractivity contribution in [3.63, 3.8) is 0 Å². The van der Waals surface area contributed by atoms with E-state index in [0.29, 0.717) is 24.5 Å². The van der Waals surface area contributed by atoms with Crippen LogP contribution in [-0.4, -0.2) is 39.7 Å². The summed E-state index contributed by atoms with van der Waals surface area (Å²) in [4.78, 5) is 21.4. The fourth-order valence-corrected chi connectivity index (χ4v) is 5.27. The van der Waals surface area contributed by atoms with Crippen molar-refractivity contribution in [2.75, 3.05) is 6.54 Å². The van der Waals surface area contributed by atoms with Gasteiger partial charge in [0, 0.05) is 25.5 Å². The van der Waals surface area contributed by atoms with Crippen molar-refractivity contribution in [2.45, 2.75) is 31.8 Å². The maximum absolute atomic E-state index is 13.3. The molecule has 0 atom stereocenters. The molecule has 4 rings (SSSR count). The number of amides is 1. The van der Waals surface area contributed by atoms with E-state index in [9.17, 15) is 13.2 Å². The fraction of sp³-hybridized carbons (Fsp3) is 0.286. The summed E-state index contributed by atoms with van der Waals surface area (Å²) in [6.07, 6.45) is 4.84. The predicted molar refractivity (Wildman–Crippen MR) is 111 cm³/mol. The fourth-order valence-electron chi connectivity index (χ4n) is 3.52. The molecule has 156 valence electrons. The summed E-state index contributed by atoms with van der Waals surface area (Å²) in [5.74, 6) is -0.216. The van der Waals surface area contributed by atoms with Crippen LogP contribution in [0.1, 0.15) is 35.6 Å². The molecule has 0 fully saturated rings. The lowest BCUT2D eigenvalue weighted by Crippen LogP contribution is -2.34. The molecule has 8 nitrogen and oxygen atoms in total. The van der Waals surface area contributed by atoms with Gasteiger partial charge in [-0.05, 0) is 35.7 Å². The van der Waals surface area contributed by atoms with Gasteiger partial charge in [-0.25, -0.2) is 13.4 Å². The quantitative estimate of drug-likeness (QED) is 0.677. The van der Waals surface area contributed by atoms with Gasteiger partial charge in [-0.2, -0.15) is 4.31 Å². The van der Waals surface area contributed by atoms with Crippen molar-refractivity contribution in [3.8, 4) is 5.69 Å². The lowest BCUT2D eigenvalue weighted by Gasteiger charge is -2.22. The van der Waals surface area contributed by atoms with E-state index in [2.05, 4.69) is 15.3 Å². The van der Waals surface area contributed by atoms with Crippen LogP contribution < -0.4 is 5.32 Å². The highest BCUT2D eigenvalue weighted by atomic mass is 32.2. The normalized spacial score (nSPS) is 15.3. The van der Waals surface area contributed by atoms with Crippen LogP contribution in [0.15, 0.2) is 60.0 Å². The van der Waals surface area contributed by atoms with Gasteiger partial charge in [0.2, 0.25) is 10.0 Å². The van der Waals surface area contributed by atoms with Crippen LogP contribution in [-0.2, 0) is 23.1 Å². The molecule has 0 radical (unpaired) electrons. The molecule has 1 aliphatic heterocycles. The van der Waals surface area contributed by atoms with Crippen molar-refractivity contribution in [1.82, 2.24) is 24.2 Å². The predicted octanol–water partition coefficient (Wildman–Crippen LogP) is 2.36. The van der Waals surface area contributed by atoms with E-state index in [0.717, 1.165) is 5.56 Å². The minimum atomic E-state index is -3.70. The molecule has 0 spiro atoms. The molecule has 9 heteroatoms. The first-order valence-corrected chi connectivity index (χ1v) is 11.1. The first-order chi connectivity index (χ1) is 14.4. The second-order valence-corrected chi connectivity index (χ2v) is 9.51. The van der Waals surface area contributed by atoms with Crippen molar-refractivity contribution in [1.29, 1.82) is 0 Å². The minimum absolute atomic E-state index is 0.0766. The minimum Gasteiger partial charge on any atom is -0.347 e. The molecule has 1 aromatic carbocycles. The number of pyridine rings is 1. The maximum Gasteiger partial charge on any atom is 0.272 e. The summed E-state index contributed by atoms with van der Waals surface area (Å²) < 4.78 is 29.7. The van der Waals surface area contributed by atoms with Crippen LogP contribution >= 0.6 is 0 Å². The van der Waals surface area contributed by atoms with Gasteiger partial charge >= 0.3 is 0 Å². The average molecular weight is 426 g/mol. The lowest BCUT2D eigenvalue weighted by atomic mass is 10.2. The largest absolute Gasteiger partial charge is 0.347 e. The van der Waals surface area contributed by atoms with E-state index >= 15 is 0 Å². The highest BCUT2D eigenvalue weighted by molar-refractivity contribution is 7.89. The number of benzene rings is 1. The van der Waals surface area contributed by atoms with Crippen molar-refractivity contribution in [3.05, 3.63) is 72.1 Å². The van der Waals surface area contributed by atoms with E-state index in [1.807, 2.05) is 26.0 Å². The number of para-hydroxylation sites is 1. The van der Waals surface area contributed by atoms with Crippen molar-refractivity contribution < 1.29 is 13.2 Å². The van der Waals surface area contributed by atoms with E-state index < -0.39 is 10.0 Å². The maximum atomic E-state index is 13.3. The average Bonchev–Trinajstić information content (AvgIpc) is 3.12. The van der Waals surface area contributed by atoms with Crippen LogP contribution in [0.5, 0.6) is 0 Å². The molecule has 30 heavy (non-hydrogen) atoms. The number of rotatable bonds is 5. The molecule has 0 aliphatic carbocycles. The number of nitrogens with one attached hydrogen (secondary N) is 1. The van der Waals surface area contributed by atoms with Crippen LogP contribution in [0.25, 0.3) is 5.69 Å². The molecule has 3 aromatic rings. The Kier molecular flexibility index (Phi) is 5.40. The Hall–Kier alpha value is -3.04. The van der Waals surface area contributed by atoms with Gasteiger partial charge in [0.05, 0.1) is 17.9 Å². The number of nitrogens with zero attached hydrogens (tertiary/aromatic N) is 4. The van der Waals surface area contributed by atoms with Gasteiger partial charge in [0.15, 0.2) is 5.69 Å². The third-order valence-electron chi connectivity index (χ3n) is 4.92. The van der Waals surface area contributed by atoms with Gasteiger partial charge in [-0.1, -0.05) is 26.0 Å². The number of aromatic nitrogens is 3. The zero-order chi connectivity index (χ0) is 21.3. The third kappa shape index (κ3) is 3.73. The monoisotopic (exact) mass is 425 g/mol. The number of imidazole rings is 1. The summed E-state index contributed by atoms with van der Waals surface area (Å²) in [7, 11) is -3.70. The second kappa shape index (κ2) is 8.00. The van der Waals surface area contributed by atoms with Gasteiger partial charge in [0.25, 0.3) is 5.91 Å². The van der Waals surface area contributed by atoms with Gasteiger partial charge in [-0.3, -0.25) is 14.3 Å². The number of sulfonamides is 1. The first kappa shape index (κ1) is 20.2. The number of hydrogen-bond acceptors (Lipinski definition) is 5. The van der Waals surface area contributed by atoms with Crippen molar-refractivity contribution >= 4 is 15.9 Å². The summed E-state index contributed by atoms with van der Waals surface area (Å²) in [5, 5.41) is 2.86. The molecular formula is C21H23N5O3S. The SMILES string of the molecule is CC(C)CN1Cc2c(C(=O)NCc3ccncc3)ncn2-c2ccccc2S1(=O)=O. The Bertz CT molecular complexity index is 1170. The van der Waals surface area contributed by atoms with Crippen LogP contribution in [0.2, 0.25) is 0 Å². The van der Waals surface area contributed by atoms with Crippen LogP contribution in [0.4, 0.5) is 0 Å². The van der Waals surface area contributed by atoms with E-state index in [4.69, 9.17) is 0 Å². The highest BCUT2D eigenvalue weighted by Crippen LogP contribution is 2.31. The third-order valence-corrected chi connectivity index (χ3v) is 6.78. The Balaban J connectivity index is 1.73. The standard InChI is InChI=1S/C21H23N5O3S/c1-15(2)12-25-13-18-20(21(27)23-11-16-7-9-22-10-8-16)24-14-26(18)17-5-3-4-6-19(17)30(25,28)29/h3-10,14-15H,11-13H2,1-2H3,(H,23,27). The summed E-state index contributed by atoms with van der Waals surface area (Å²) in [6, 6.07) is 10.4. The zero-order valence-electron chi connectivity index (χ0n) is 16.8. The molecule has 0 saturated carbocycles. The Morgan fingerprint density at radius 3 is 2.63 bits per heavy atom. The van der Waals surface area contributed by atoms with Crippen molar-refractivity contribution in [2.24, 2.45) is 5.92 Å². The molecule has 0 bridgehead atoms. The molecule has 1 N–H and O–H groups in total. The Labute approximate surface area is 175 Å². The van der Waals surface area contributed by atoms with Gasteiger partial charge < -0.3 is 5.32 Å². The van der Waals surface area contributed by atoms with E-state index in [-0.39, 0.29) is 29.0 Å². The summed E-state index contributed by atoms with van der Waals surface area (Å²) in [6.45, 7) is 4.68. The zero-order valence-corrected chi connectivity index (χ0v) is 17.6. The lowest BCUT2D eigenvalue weighted by molar-refractivity contribution is 0.0944. The number of fused-ring (bicyclic) bond motifs is 3. The highest BCUT2D eigenvalue weighted by Gasteiger charge is 2.34. The molecule has 1 amide bonds. The number of carbonyl (C=O) groups is 1. The molecular weight excluding hydrogens is 402 g/mol. The molecule has 2 aromatic heterocycles. The smallest absolute Gasteiger partial charge is 0.272 e. The molecule has 3 heterocycles. The van der Waals surface area contributed by atoms with Gasteiger partial charge in [0.1, 0.15) is 11.2 Å². The number of hydrogen-bond donors (Lipinski definition) is 1. The van der Waals surface area contributed by atoms with Gasteiger partial charge in [-0.15, -0.1) is 0 Å². The molecule has 0 saturated heterocycles. The Morgan fingerprint density at radius 1 is 1.17 bits per heavy atom. The molecule has 0 unspecified atom stereocenters. The topological polar surface area (TPSA) is 97.2 Å².